The Bertz CT molecular complexity index is 331. The van der Waals surface area contributed by atoms with Crippen LogP contribution in [0.15, 0.2) is 16.6 Å². The molecule has 18 heavy (non-hydrogen) atoms. The molecule has 0 amide bonds. The van der Waals surface area contributed by atoms with E-state index in [0.29, 0.717) is 11.5 Å². The standard InChI is InChI=1S/C14H26N4/c1-3-4-5-6-9-17-14(16)13(15)12-8-7-10-18(2)11-12/h8,15H,3-7,9-11H2,1-2H3,(H2,16,17). The molecule has 1 aliphatic rings. The SMILES string of the molecule is CCCCCCN=C(N)C(=N)C1=CCCN(C)C1. The Labute approximate surface area is 110 Å². The first-order chi connectivity index (χ1) is 8.65. The van der Waals surface area contributed by atoms with E-state index in [-0.39, 0.29) is 0 Å². The van der Waals surface area contributed by atoms with Crippen LogP contribution in [0.25, 0.3) is 0 Å². The molecule has 0 saturated heterocycles. The number of unbranched alkanes of at least 4 members (excludes halogenated alkanes) is 3. The number of nitrogens with one attached hydrogen (secondary N) is 1. The van der Waals surface area contributed by atoms with Gasteiger partial charge in [0.1, 0.15) is 5.84 Å². The Morgan fingerprint density at radius 3 is 2.89 bits per heavy atom. The van der Waals surface area contributed by atoms with E-state index < -0.39 is 0 Å². The van der Waals surface area contributed by atoms with Crippen LogP contribution < -0.4 is 5.73 Å². The van der Waals surface area contributed by atoms with Gasteiger partial charge in [0.05, 0.1) is 5.71 Å². The van der Waals surface area contributed by atoms with Crippen LogP contribution in [0.5, 0.6) is 0 Å². The Morgan fingerprint density at radius 2 is 2.22 bits per heavy atom. The number of aliphatic imine (C=N–C) groups is 1. The fourth-order valence-corrected chi connectivity index (χ4v) is 2.06. The summed E-state index contributed by atoms with van der Waals surface area (Å²) in [6.07, 6.45) is 7.86. The topological polar surface area (TPSA) is 65.5 Å². The molecule has 1 rings (SSSR count). The second-order valence-electron chi connectivity index (χ2n) is 4.96. The van der Waals surface area contributed by atoms with Crippen LogP contribution in [0.3, 0.4) is 0 Å². The second kappa shape index (κ2) is 8.03. The van der Waals surface area contributed by atoms with Gasteiger partial charge in [0.2, 0.25) is 0 Å². The van der Waals surface area contributed by atoms with Gasteiger partial charge in [-0.1, -0.05) is 32.3 Å². The quantitative estimate of drug-likeness (QED) is 0.413. The minimum atomic E-state index is 0.396. The molecule has 1 aliphatic heterocycles. The molecule has 0 aromatic heterocycles. The molecular formula is C14H26N4. The zero-order chi connectivity index (χ0) is 13.4. The zero-order valence-electron chi connectivity index (χ0n) is 11.7. The predicted molar refractivity (Wildman–Crippen MR) is 78.6 cm³/mol. The van der Waals surface area contributed by atoms with E-state index in [9.17, 15) is 0 Å². The van der Waals surface area contributed by atoms with Gasteiger partial charge in [0.15, 0.2) is 0 Å². The average Bonchev–Trinajstić information content (AvgIpc) is 2.37. The molecule has 4 heteroatoms. The normalized spacial score (nSPS) is 17.7. The molecule has 3 N–H and O–H groups in total. The maximum atomic E-state index is 8.04. The molecular weight excluding hydrogens is 224 g/mol. The number of nitrogens with zero attached hydrogens (tertiary/aromatic N) is 2. The highest BCUT2D eigenvalue weighted by Gasteiger charge is 2.14. The minimum Gasteiger partial charge on any atom is -0.382 e. The molecule has 0 aliphatic carbocycles. The van der Waals surface area contributed by atoms with Crippen molar-refractivity contribution in [2.75, 3.05) is 26.7 Å². The van der Waals surface area contributed by atoms with Gasteiger partial charge < -0.3 is 10.6 Å². The van der Waals surface area contributed by atoms with Crippen molar-refractivity contribution in [2.45, 2.75) is 39.0 Å². The van der Waals surface area contributed by atoms with E-state index in [1.165, 1.54) is 19.3 Å². The third kappa shape index (κ3) is 5.00. The zero-order valence-corrected chi connectivity index (χ0v) is 11.7. The van der Waals surface area contributed by atoms with Crippen LogP contribution in [0.2, 0.25) is 0 Å². The minimum absolute atomic E-state index is 0.396. The lowest BCUT2D eigenvalue weighted by atomic mass is 10.0. The average molecular weight is 250 g/mol. The molecule has 0 radical (unpaired) electrons. The summed E-state index contributed by atoms with van der Waals surface area (Å²) < 4.78 is 0. The summed E-state index contributed by atoms with van der Waals surface area (Å²) in [4.78, 5) is 6.51. The molecule has 0 aromatic rings. The summed E-state index contributed by atoms with van der Waals surface area (Å²) in [6.45, 7) is 4.81. The van der Waals surface area contributed by atoms with Gasteiger partial charge in [0, 0.05) is 19.6 Å². The summed E-state index contributed by atoms with van der Waals surface area (Å²) in [5.41, 5.74) is 7.30. The van der Waals surface area contributed by atoms with Crippen LogP contribution in [0.1, 0.15) is 39.0 Å². The molecule has 0 saturated carbocycles. The molecule has 102 valence electrons. The van der Waals surface area contributed by atoms with Crippen LogP contribution >= 0.6 is 0 Å². The van der Waals surface area contributed by atoms with Crippen molar-refractivity contribution < 1.29 is 0 Å². The van der Waals surface area contributed by atoms with E-state index in [0.717, 1.165) is 38.0 Å². The predicted octanol–water partition coefficient (Wildman–Crippen LogP) is 2.21. The summed E-state index contributed by atoms with van der Waals surface area (Å²) >= 11 is 0. The highest BCUT2D eigenvalue weighted by Crippen LogP contribution is 2.09. The summed E-state index contributed by atoms with van der Waals surface area (Å²) in [6, 6.07) is 0. The third-order valence-corrected chi connectivity index (χ3v) is 3.21. The first-order valence-electron chi connectivity index (χ1n) is 6.92. The van der Waals surface area contributed by atoms with E-state index in [1.54, 1.807) is 0 Å². The van der Waals surface area contributed by atoms with E-state index >= 15 is 0 Å². The van der Waals surface area contributed by atoms with Gasteiger partial charge in [-0.15, -0.1) is 0 Å². The van der Waals surface area contributed by atoms with E-state index in [2.05, 4.69) is 29.9 Å². The monoisotopic (exact) mass is 250 g/mol. The lowest BCUT2D eigenvalue weighted by molar-refractivity contribution is 0.360. The van der Waals surface area contributed by atoms with Gasteiger partial charge in [-0.05, 0) is 25.5 Å². The Hall–Kier alpha value is -1.16. The van der Waals surface area contributed by atoms with Crippen LogP contribution in [0, 0.1) is 5.41 Å². The molecule has 0 atom stereocenters. The van der Waals surface area contributed by atoms with Crippen LogP contribution in [0.4, 0.5) is 0 Å². The Morgan fingerprint density at radius 1 is 1.44 bits per heavy atom. The van der Waals surface area contributed by atoms with Crippen molar-refractivity contribution >= 4 is 11.5 Å². The van der Waals surface area contributed by atoms with Crippen molar-refractivity contribution in [2.24, 2.45) is 10.7 Å². The highest BCUT2D eigenvalue weighted by atomic mass is 15.1. The maximum absolute atomic E-state index is 8.04. The van der Waals surface area contributed by atoms with Crippen molar-refractivity contribution in [3.8, 4) is 0 Å². The van der Waals surface area contributed by atoms with Crippen LogP contribution in [-0.4, -0.2) is 43.1 Å². The van der Waals surface area contributed by atoms with Gasteiger partial charge in [-0.2, -0.15) is 0 Å². The summed E-state index contributed by atoms with van der Waals surface area (Å²) in [7, 11) is 2.07. The van der Waals surface area contributed by atoms with Gasteiger partial charge in [-0.3, -0.25) is 10.4 Å². The molecule has 1 heterocycles. The van der Waals surface area contributed by atoms with Gasteiger partial charge in [0.25, 0.3) is 0 Å². The van der Waals surface area contributed by atoms with Crippen molar-refractivity contribution in [3.63, 3.8) is 0 Å². The van der Waals surface area contributed by atoms with Crippen molar-refractivity contribution in [1.29, 1.82) is 5.41 Å². The molecule has 0 unspecified atom stereocenters. The Kier molecular flexibility index (Phi) is 6.65. The number of amidine groups is 1. The van der Waals surface area contributed by atoms with Gasteiger partial charge in [-0.25, -0.2) is 0 Å². The lowest BCUT2D eigenvalue weighted by Crippen LogP contribution is -2.33. The number of nitrogens with two attached hydrogens (primary N) is 1. The highest BCUT2D eigenvalue weighted by molar-refractivity contribution is 6.45. The third-order valence-electron chi connectivity index (χ3n) is 3.21. The summed E-state index contributed by atoms with van der Waals surface area (Å²) in [5, 5.41) is 8.04. The molecule has 0 fully saturated rings. The van der Waals surface area contributed by atoms with Gasteiger partial charge >= 0.3 is 0 Å². The number of hydrogen-bond acceptors (Lipinski definition) is 3. The van der Waals surface area contributed by atoms with E-state index in [4.69, 9.17) is 11.1 Å². The Balaban J connectivity index is 2.40. The number of rotatable bonds is 7. The second-order valence-corrected chi connectivity index (χ2v) is 4.96. The number of likely N-dealkylation sites (N-methyl/N-ethyl adjacent to an activating group) is 1. The fourth-order valence-electron chi connectivity index (χ4n) is 2.06. The summed E-state index contributed by atoms with van der Waals surface area (Å²) in [5.74, 6) is 0.396. The molecule has 0 bridgehead atoms. The maximum Gasteiger partial charge on any atom is 0.144 e. The largest absolute Gasteiger partial charge is 0.382 e. The first kappa shape index (κ1) is 14.9. The van der Waals surface area contributed by atoms with E-state index in [1.807, 2.05) is 0 Å². The van der Waals surface area contributed by atoms with Crippen LogP contribution in [-0.2, 0) is 0 Å². The molecule has 4 nitrogen and oxygen atoms in total. The molecule has 0 aromatic carbocycles. The fraction of sp³-hybridized carbons (Fsp3) is 0.714. The van der Waals surface area contributed by atoms with Crippen molar-refractivity contribution in [3.05, 3.63) is 11.6 Å². The molecule has 0 spiro atoms. The van der Waals surface area contributed by atoms with Crippen molar-refractivity contribution in [1.82, 2.24) is 4.90 Å². The number of hydrogen-bond donors (Lipinski definition) is 2. The smallest absolute Gasteiger partial charge is 0.144 e. The first-order valence-corrected chi connectivity index (χ1v) is 6.92. The lowest BCUT2D eigenvalue weighted by Gasteiger charge is -2.23.